The molecule has 0 aliphatic carbocycles. The zero-order valence-electron chi connectivity index (χ0n) is 11.9. The van der Waals surface area contributed by atoms with Crippen LogP contribution in [0.2, 0.25) is 6.55 Å². The fourth-order valence-electron chi connectivity index (χ4n) is 1.90. The standard InChI is InChI=1S/C11H30N2Si2/c1-8-10(3,4)12-15(7,14)13-11(5,6)9-2/h12-13H,8-9H2,1-7,14H3. The van der Waals surface area contributed by atoms with Crippen LogP contribution in [0.25, 0.3) is 0 Å². The van der Waals surface area contributed by atoms with Gasteiger partial charge in [0, 0.05) is 20.8 Å². The van der Waals surface area contributed by atoms with E-state index in [4.69, 9.17) is 0 Å². The summed E-state index contributed by atoms with van der Waals surface area (Å²) in [5.74, 6) is 0. The highest BCUT2D eigenvalue weighted by molar-refractivity contribution is 7.13. The van der Waals surface area contributed by atoms with Crippen molar-refractivity contribution in [2.45, 2.75) is 72.0 Å². The quantitative estimate of drug-likeness (QED) is 0.694. The molecule has 2 nitrogen and oxygen atoms in total. The van der Waals surface area contributed by atoms with E-state index in [0.717, 1.165) is 0 Å². The maximum absolute atomic E-state index is 3.86. The molecule has 4 heteroatoms. The van der Waals surface area contributed by atoms with E-state index in [9.17, 15) is 0 Å². The Morgan fingerprint density at radius 1 is 0.933 bits per heavy atom. The molecule has 0 saturated heterocycles. The maximum atomic E-state index is 3.86. The Kier molecular flexibility index (Phi) is 5.24. The Hall–Kier alpha value is 0.354. The van der Waals surface area contributed by atoms with Crippen LogP contribution in [0, 0.1) is 0 Å². The topological polar surface area (TPSA) is 24.1 Å². The molecule has 0 aliphatic rings. The summed E-state index contributed by atoms with van der Waals surface area (Å²) in [5, 5.41) is 0. The first-order valence-corrected chi connectivity index (χ1v) is 12.1. The van der Waals surface area contributed by atoms with Gasteiger partial charge in [-0.25, -0.2) is 0 Å². The van der Waals surface area contributed by atoms with Crippen molar-refractivity contribution in [1.29, 1.82) is 0 Å². The van der Waals surface area contributed by atoms with Gasteiger partial charge in [-0.1, -0.05) is 13.8 Å². The van der Waals surface area contributed by atoms with E-state index in [1.54, 1.807) is 0 Å². The van der Waals surface area contributed by atoms with Gasteiger partial charge < -0.3 is 9.96 Å². The van der Waals surface area contributed by atoms with Crippen molar-refractivity contribution in [3.63, 3.8) is 0 Å². The first kappa shape index (κ1) is 15.4. The average Bonchev–Trinajstić information content (AvgIpc) is 2.00. The smallest absolute Gasteiger partial charge is 0.173 e. The maximum Gasteiger partial charge on any atom is 0.173 e. The Bertz CT molecular complexity index is 181. The molecule has 0 rings (SSSR count). The third kappa shape index (κ3) is 6.50. The molecule has 92 valence electrons. The van der Waals surface area contributed by atoms with Crippen LogP contribution in [0.5, 0.6) is 0 Å². The highest BCUT2D eigenvalue weighted by Crippen LogP contribution is 2.13. The van der Waals surface area contributed by atoms with Gasteiger partial charge in [-0.3, -0.25) is 0 Å². The molecule has 0 amide bonds. The van der Waals surface area contributed by atoms with Crippen LogP contribution in [-0.4, -0.2) is 28.8 Å². The third-order valence-electron chi connectivity index (χ3n) is 3.07. The molecule has 0 aromatic heterocycles. The zero-order valence-corrected chi connectivity index (χ0v) is 14.9. The van der Waals surface area contributed by atoms with E-state index in [-0.39, 0.29) is 11.1 Å². The lowest BCUT2D eigenvalue weighted by Gasteiger charge is -2.41. The van der Waals surface area contributed by atoms with Crippen molar-refractivity contribution in [3.8, 4) is 0 Å². The molecule has 0 unspecified atom stereocenters. The van der Waals surface area contributed by atoms with Crippen molar-refractivity contribution in [1.82, 2.24) is 9.96 Å². The summed E-state index contributed by atoms with van der Waals surface area (Å²) in [4.78, 5) is 7.72. The van der Waals surface area contributed by atoms with Gasteiger partial charge in [-0.2, -0.15) is 0 Å². The van der Waals surface area contributed by atoms with Crippen molar-refractivity contribution in [3.05, 3.63) is 0 Å². The summed E-state index contributed by atoms with van der Waals surface area (Å²) in [5.41, 5.74) is 0.555. The molecule has 0 aromatic rings. The van der Waals surface area contributed by atoms with Crippen molar-refractivity contribution in [2.75, 3.05) is 0 Å². The van der Waals surface area contributed by atoms with Crippen molar-refractivity contribution < 1.29 is 0 Å². The zero-order chi connectivity index (χ0) is 12.3. The molecular weight excluding hydrogens is 216 g/mol. The highest BCUT2D eigenvalue weighted by atomic mass is 29.2. The van der Waals surface area contributed by atoms with Crippen LogP contribution in [0.1, 0.15) is 54.4 Å². The van der Waals surface area contributed by atoms with Gasteiger partial charge in [0.05, 0.1) is 0 Å². The molecule has 0 saturated carbocycles. The fraction of sp³-hybridized carbons (Fsp3) is 1.00. The molecule has 0 aliphatic heterocycles. The second-order valence-corrected chi connectivity index (χ2v) is 16.1. The largest absolute Gasteiger partial charge is 0.323 e. The van der Waals surface area contributed by atoms with Crippen LogP contribution in [0.3, 0.4) is 0 Å². The van der Waals surface area contributed by atoms with Crippen LogP contribution in [-0.2, 0) is 0 Å². The summed E-state index contributed by atoms with van der Waals surface area (Å²) in [6.45, 7) is 16.1. The van der Waals surface area contributed by atoms with E-state index >= 15 is 0 Å². The molecule has 0 bridgehead atoms. The van der Waals surface area contributed by atoms with Gasteiger partial charge in [0.1, 0.15) is 0 Å². The normalized spacial score (nSPS) is 14.6. The number of nitrogens with one attached hydrogen (secondary N) is 2. The average molecular weight is 247 g/mol. The van der Waals surface area contributed by atoms with Crippen LogP contribution < -0.4 is 9.96 Å². The third-order valence-corrected chi connectivity index (χ3v) is 7.17. The predicted octanol–water partition coefficient (Wildman–Crippen LogP) is 1.48. The summed E-state index contributed by atoms with van der Waals surface area (Å²) >= 11 is 0. The van der Waals surface area contributed by atoms with E-state index in [0.29, 0.717) is 0 Å². The Balaban J connectivity index is 4.43. The second kappa shape index (κ2) is 5.12. The van der Waals surface area contributed by atoms with Gasteiger partial charge in [0.25, 0.3) is 0 Å². The molecule has 0 radical (unpaired) electrons. The molecule has 0 atom stereocenters. The minimum atomic E-state index is -1.38. The van der Waals surface area contributed by atoms with Gasteiger partial charge in [0.2, 0.25) is 0 Å². The van der Waals surface area contributed by atoms with Crippen molar-refractivity contribution >= 4 is 17.7 Å². The molecule has 0 aromatic carbocycles. The lowest BCUT2D eigenvalue weighted by molar-refractivity contribution is 0.412. The monoisotopic (exact) mass is 246 g/mol. The summed E-state index contributed by atoms with van der Waals surface area (Å²) in [6.07, 6.45) is 2.37. The molecule has 2 N–H and O–H groups in total. The first-order valence-electron chi connectivity index (χ1n) is 6.12. The Morgan fingerprint density at radius 3 is 1.40 bits per heavy atom. The van der Waals surface area contributed by atoms with E-state index < -0.39 is 7.91 Å². The van der Waals surface area contributed by atoms with Crippen LogP contribution in [0.4, 0.5) is 0 Å². The minimum absolute atomic E-state index is 0.277. The fourth-order valence-corrected chi connectivity index (χ4v) is 9.76. The number of hydrogen-bond donors (Lipinski definition) is 2. The predicted molar refractivity (Wildman–Crippen MR) is 76.6 cm³/mol. The van der Waals surface area contributed by atoms with E-state index in [1.807, 2.05) is 0 Å². The van der Waals surface area contributed by atoms with E-state index in [1.165, 1.54) is 22.6 Å². The SMILES string of the molecule is CCC(C)(C)N[Si](C)([SiH3])NC(C)(C)CC. The number of rotatable bonds is 6. The van der Waals surface area contributed by atoms with Crippen molar-refractivity contribution in [2.24, 2.45) is 0 Å². The second-order valence-electron chi connectivity index (χ2n) is 6.35. The summed E-state index contributed by atoms with van der Waals surface area (Å²) in [6, 6.07) is 0. The highest BCUT2D eigenvalue weighted by Gasteiger charge is 2.32. The van der Waals surface area contributed by atoms with Gasteiger partial charge >= 0.3 is 0 Å². The molecule has 0 spiro atoms. The number of hydrogen-bond acceptors (Lipinski definition) is 2. The lowest BCUT2D eigenvalue weighted by Crippen LogP contribution is -2.71. The van der Waals surface area contributed by atoms with E-state index in [2.05, 4.69) is 58.1 Å². The van der Waals surface area contributed by atoms with Crippen LogP contribution in [0.15, 0.2) is 0 Å². The molecule has 0 heterocycles. The molecular formula is C11H30N2Si2. The van der Waals surface area contributed by atoms with Gasteiger partial charge in [-0.15, -0.1) is 0 Å². The lowest BCUT2D eigenvalue weighted by atomic mass is 10.0. The molecule has 15 heavy (non-hydrogen) atoms. The Morgan fingerprint density at radius 2 is 1.20 bits per heavy atom. The summed E-state index contributed by atoms with van der Waals surface area (Å²) in [7, 11) is -0.141. The minimum Gasteiger partial charge on any atom is -0.323 e. The Labute approximate surface area is 100.0 Å². The molecule has 0 fully saturated rings. The van der Waals surface area contributed by atoms with Crippen LogP contribution >= 0.6 is 0 Å². The van der Waals surface area contributed by atoms with Gasteiger partial charge in [0.15, 0.2) is 7.91 Å². The van der Waals surface area contributed by atoms with Gasteiger partial charge in [-0.05, 0) is 47.1 Å². The first-order chi connectivity index (χ1) is 6.54. The summed E-state index contributed by atoms with van der Waals surface area (Å²) < 4.78 is 0.